The molecule has 0 fully saturated rings. The number of halogens is 1. The molecule has 0 unspecified atom stereocenters. The van der Waals surface area contributed by atoms with Gasteiger partial charge in [0.15, 0.2) is 0 Å². The first-order valence-electron chi connectivity index (χ1n) is 6.16. The second-order valence-electron chi connectivity index (χ2n) is 4.49. The van der Waals surface area contributed by atoms with E-state index < -0.39 is 0 Å². The number of hydrogen-bond donors (Lipinski definition) is 0. The Morgan fingerprint density at radius 1 is 0.842 bits per heavy atom. The van der Waals surface area contributed by atoms with Gasteiger partial charge in [0.25, 0.3) is 0 Å². The SMILES string of the molecule is Cc1ccc2ccccc2c1[Se]c1ccc(Cl)cc1. The number of benzene rings is 3. The summed E-state index contributed by atoms with van der Waals surface area (Å²) in [5.41, 5.74) is 1.37. The van der Waals surface area contributed by atoms with Crippen LogP contribution in [-0.2, 0) is 0 Å². The first kappa shape index (κ1) is 12.7. The summed E-state index contributed by atoms with van der Waals surface area (Å²) in [4.78, 5) is 0. The number of rotatable bonds is 2. The molecule has 0 radical (unpaired) electrons. The Morgan fingerprint density at radius 2 is 1.58 bits per heavy atom. The molecule has 2 heteroatoms. The summed E-state index contributed by atoms with van der Waals surface area (Å²) in [6, 6.07) is 21.2. The number of aryl methyl sites for hydroxylation is 1. The zero-order valence-electron chi connectivity index (χ0n) is 10.6. The van der Waals surface area contributed by atoms with Crippen molar-refractivity contribution in [2.75, 3.05) is 0 Å². The number of hydrogen-bond acceptors (Lipinski definition) is 0. The molecule has 3 rings (SSSR count). The first-order valence-corrected chi connectivity index (χ1v) is 8.25. The quantitative estimate of drug-likeness (QED) is 0.631. The van der Waals surface area contributed by atoms with Crippen LogP contribution < -0.4 is 8.92 Å². The number of fused-ring (bicyclic) bond motifs is 1. The third-order valence-electron chi connectivity index (χ3n) is 3.11. The molecule has 0 aliphatic carbocycles. The van der Waals surface area contributed by atoms with Crippen LogP contribution in [0.15, 0.2) is 60.7 Å². The van der Waals surface area contributed by atoms with Crippen molar-refractivity contribution in [3.05, 3.63) is 71.2 Å². The van der Waals surface area contributed by atoms with Crippen LogP contribution in [0.5, 0.6) is 0 Å². The van der Waals surface area contributed by atoms with Crippen LogP contribution in [0.3, 0.4) is 0 Å². The van der Waals surface area contributed by atoms with Crippen LogP contribution in [0.2, 0.25) is 5.02 Å². The molecule has 0 heterocycles. The normalized spacial score (nSPS) is 10.8. The van der Waals surface area contributed by atoms with Gasteiger partial charge >= 0.3 is 124 Å². The van der Waals surface area contributed by atoms with Crippen molar-refractivity contribution in [2.45, 2.75) is 6.92 Å². The molecule has 0 bridgehead atoms. The molecule has 94 valence electrons. The van der Waals surface area contributed by atoms with E-state index in [-0.39, 0.29) is 0 Å². The van der Waals surface area contributed by atoms with Gasteiger partial charge in [-0.1, -0.05) is 0 Å². The Labute approximate surface area is 124 Å². The minimum atomic E-state index is 0.315. The Balaban J connectivity index is 2.09. The van der Waals surface area contributed by atoms with Gasteiger partial charge in [-0.25, -0.2) is 0 Å². The van der Waals surface area contributed by atoms with E-state index in [0.29, 0.717) is 15.0 Å². The van der Waals surface area contributed by atoms with Gasteiger partial charge in [0.05, 0.1) is 0 Å². The summed E-state index contributed by atoms with van der Waals surface area (Å²) < 4.78 is 2.82. The van der Waals surface area contributed by atoms with Gasteiger partial charge in [-0.15, -0.1) is 0 Å². The summed E-state index contributed by atoms with van der Waals surface area (Å²) in [5.74, 6) is 0. The van der Waals surface area contributed by atoms with Crippen molar-refractivity contribution in [1.82, 2.24) is 0 Å². The standard InChI is InChI=1S/C17H13ClSe/c1-12-6-7-13-4-2-3-5-16(13)17(12)19-15-10-8-14(18)9-11-15/h2-11H,1H3. The molecule has 0 spiro atoms. The molecule has 0 amide bonds. The molecule has 0 aromatic heterocycles. The van der Waals surface area contributed by atoms with Crippen molar-refractivity contribution in [3.63, 3.8) is 0 Å². The Morgan fingerprint density at radius 3 is 2.37 bits per heavy atom. The zero-order chi connectivity index (χ0) is 13.2. The summed E-state index contributed by atoms with van der Waals surface area (Å²) in [7, 11) is 0. The van der Waals surface area contributed by atoms with E-state index in [1.807, 2.05) is 12.1 Å². The first-order chi connectivity index (χ1) is 9.24. The van der Waals surface area contributed by atoms with E-state index in [4.69, 9.17) is 11.6 Å². The van der Waals surface area contributed by atoms with Crippen LogP contribution in [-0.4, -0.2) is 15.0 Å². The second-order valence-corrected chi connectivity index (χ2v) is 7.20. The van der Waals surface area contributed by atoms with E-state index in [2.05, 4.69) is 55.5 Å². The summed E-state index contributed by atoms with van der Waals surface area (Å²) in [6.45, 7) is 2.19. The average Bonchev–Trinajstić information content (AvgIpc) is 2.44. The van der Waals surface area contributed by atoms with E-state index in [9.17, 15) is 0 Å². The molecule has 0 aliphatic heterocycles. The Kier molecular flexibility index (Phi) is 3.61. The van der Waals surface area contributed by atoms with Gasteiger partial charge in [0, 0.05) is 0 Å². The molecule has 0 atom stereocenters. The van der Waals surface area contributed by atoms with Crippen LogP contribution in [0.4, 0.5) is 0 Å². The molecule has 0 N–H and O–H groups in total. The molecule has 0 nitrogen and oxygen atoms in total. The van der Waals surface area contributed by atoms with Crippen LogP contribution in [0.25, 0.3) is 10.8 Å². The fourth-order valence-corrected chi connectivity index (χ4v) is 4.40. The molecule has 0 aliphatic rings. The van der Waals surface area contributed by atoms with Crippen LogP contribution in [0.1, 0.15) is 5.56 Å². The maximum absolute atomic E-state index is 5.95. The van der Waals surface area contributed by atoms with Gasteiger partial charge in [0.1, 0.15) is 0 Å². The van der Waals surface area contributed by atoms with Gasteiger partial charge in [-0.05, 0) is 0 Å². The topological polar surface area (TPSA) is 0 Å². The fraction of sp³-hybridized carbons (Fsp3) is 0.0588. The van der Waals surface area contributed by atoms with Crippen LogP contribution >= 0.6 is 11.6 Å². The molecule has 19 heavy (non-hydrogen) atoms. The maximum atomic E-state index is 5.95. The van der Waals surface area contributed by atoms with Crippen molar-refractivity contribution in [2.24, 2.45) is 0 Å². The van der Waals surface area contributed by atoms with Crippen LogP contribution in [0, 0.1) is 6.92 Å². The van der Waals surface area contributed by atoms with E-state index in [1.54, 1.807) is 0 Å². The summed E-state index contributed by atoms with van der Waals surface area (Å²) in [6.07, 6.45) is 0. The monoisotopic (exact) mass is 332 g/mol. The summed E-state index contributed by atoms with van der Waals surface area (Å²) in [5, 5.41) is 3.49. The molecular weight excluding hydrogens is 319 g/mol. The van der Waals surface area contributed by atoms with E-state index in [0.717, 1.165) is 5.02 Å². The van der Waals surface area contributed by atoms with Crippen molar-refractivity contribution < 1.29 is 0 Å². The Hall–Kier alpha value is -1.27. The molecule has 0 saturated heterocycles. The molecule has 3 aromatic rings. The van der Waals surface area contributed by atoms with Gasteiger partial charge in [-0.3, -0.25) is 0 Å². The fourth-order valence-electron chi connectivity index (χ4n) is 2.11. The third-order valence-corrected chi connectivity index (χ3v) is 5.99. The van der Waals surface area contributed by atoms with Crippen molar-refractivity contribution in [1.29, 1.82) is 0 Å². The average molecular weight is 332 g/mol. The van der Waals surface area contributed by atoms with Gasteiger partial charge < -0.3 is 0 Å². The zero-order valence-corrected chi connectivity index (χ0v) is 13.0. The second kappa shape index (κ2) is 5.38. The van der Waals surface area contributed by atoms with Gasteiger partial charge in [-0.2, -0.15) is 0 Å². The Bertz CT molecular complexity index is 717. The van der Waals surface area contributed by atoms with Crippen molar-refractivity contribution >= 4 is 46.3 Å². The molecular formula is C17H13ClSe. The van der Waals surface area contributed by atoms with Crippen molar-refractivity contribution in [3.8, 4) is 0 Å². The molecule has 3 aromatic carbocycles. The predicted molar refractivity (Wildman–Crippen MR) is 85.2 cm³/mol. The predicted octanol–water partition coefficient (Wildman–Crippen LogP) is 3.46. The van der Waals surface area contributed by atoms with E-state index >= 15 is 0 Å². The molecule has 0 saturated carbocycles. The third kappa shape index (κ3) is 2.69. The van der Waals surface area contributed by atoms with E-state index in [1.165, 1.54) is 25.3 Å². The van der Waals surface area contributed by atoms with Gasteiger partial charge in [0.2, 0.25) is 0 Å². The minimum absolute atomic E-state index is 0.315. The summed E-state index contributed by atoms with van der Waals surface area (Å²) >= 11 is 6.26.